The summed E-state index contributed by atoms with van der Waals surface area (Å²) in [5, 5.41) is 0. The van der Waals surface area contributed by atoms with Gasteiger partial charge in [-0.3, -0.25) is 0 Å². The molecule has 31 heavy (non-hydrogen) atoms. The monoisotopic (exact) mass is 464 g/mol. The van der Waals surface area contributed by atoms with Crippen LogP contribution in [0.3, 0.4) is 0 Å². The molecule has 2 aromatic rings. The summed E-state index contributed by atoms with van der Waals surface area (Å²) in [4.78, 5) is 0. The second kappa shape index (κ2) is 13.8. The maximum Gasteiger partial charge on any atom is 0.200 e. The van der Waals surface area contributed by atoms with Gasteiger partial charge in [-0.2, -0.15) is 0 Å². The smallest absolute Gasteiger partial charge is 0.200 e. The molecular formula is C24H31F6P. The molecule has 0 aliphatic carbocycles. The van der Waals surface area contributed by atoms with Crippen LogP contribution in [0.1, 0.15) is 53.4 Å². The molecule has 0 aromatic heterocycles. The van der Waals surface area contributed by atoms with E-state index in [4.69, 9.17) is 0 Å². The third-order valence-electron chi connectivity index (χ3n) is 4.90. The van der Waals surface area contributed by atoms with Crippen LogP contribution < -0.4 is 0 Å². The van der Waals surface area contributed by atoms with E-state index in [0.717, 1.165) is 24.0 Å². The fourth-order valence-corrected chi connectivity index (χ4v) is 4.83. The topological polar surface area (TPSA) is 0 Å². The summed E-state index contributed by atoms with van der Waals surface area (Å²) >= 11 is 0. The number of hydrogen-bond donors (Lipinski definition) is 0. The lowest BCUT2D eigenvalue weighted by Gasteiger charge is -2.13. The maximum atomic E-state index is 13.4. The van der Waals surface area contributed by atoms with Crippen molar-refractivity contribution in [1.82, 2.24) is 0 Å². The van der Waals surface area contributed by atoms with Crippen LogP contribution in [-0.2, 0) is 0 Å². The van der Waals surface area contributed by atoms with Gasteiger partial charge in [0.25, 0.3) is 0 Å². The normalized spacial score (nSPS) is 13.2. The van der Waals surface area contributed by atoms with Crippen molar-refractivity contribution in [2.45, 2.75) is 53.4 Å². The summed E-state index contributed by atoms with van der Waals surface area (Å²) in [5.74, 6) is -9.74. The number of rotatable bonds is 9. The molecule has 0 radical (unpaired) electrons. The Morgan fingerprint density at radius 2 is 1.10 bits per heavy atom. The second-order valence-corrected chi connectivity index (χ2v) is 9.19. The third kappa shape index (κ3) is 8.14. The van der Waals surface area contributed by atoms with Crippen molar-refractivity contribution >= 4 is 8.58 Å². The van der Waals surface area contributed by atoms with Crippen molar-refractivity contribution in [3.05, 3.63) is 59.2 Å². The van der Waals surface area contributed by atoms with E-state index >= 15 is 0 Å². The summed E-state index contributed by atoms with van der Waals surface area (Å²) in [6.45, 7) is 9.39. The lowest BCUT2D eigenvalue weighted by Crippen LogP contribution is -2.04. The Labute approximate surface area is 183 Å². The molecule has 2 rings (SSSR count). The highest BCUT2D eigenvalue weighted by atomic mass is 31.1. The lowest BCUT2D eigenvalue weighted by molar-refractivity contribution is 0.381. The Morgan fingerprint density at radius 3 is 1.52 bits per heavy atom. The van der Waals surface area contributed by atoms with Gasteiger partial charge < -0.3 is 0 Å². The number of hydrogen-bond acceptors (Lipinski definition) is 0. The van der Waals surface area contributed by atoms with Gasteiger partial charge in [0.15, 0.2) is 23.3 Å². The molecule has 2 atom stereocenters. The second-order valence-electron chi connectivity index (χ2n) is 7.87. The van der Waals surface area contributed by atoms with Crippen molar-refractivity contribution < 1.29 is 26.3 Å². The molecule has 0 saturated carbocycles. The zero-order valence-electron chi connectivity index (χ0n) is 18.5. The Kier molecular flexibility index (Phi) is 12.2. The minimum Gasteiger partial charge on any atom is -0.206 e. The standard InChI is InChI=1S/C12H4F6.C12H27P/c13-6-4-2-1-3-5(6)7-8(14)10(16)12(18)11(17)9(7)15;1-5-7-11(3)9-13-10-12(4)8-6-2/h1-4H;11-13H,5-10H2,1-4H3. The van der Waals surface area contributed by atoms with E-state index in [2.05, 4.69) is 27.7 Å². The van der Waals surface area contributed by atoms with Gasteiger partial charge in [0.05, 0.1) is 5.56 Å². The van der Waals surface area contributed by atoms with Gasteiger partial charge in [0.1, 0.15) is 5.82 Å². The lowest BCUT2D eigenvalue weighted by atomic mass is 10.0. The summed E-state index contributed by atoms with van der Waals surface area (Å²) < 4.78 is 78.8. The Balaban J connectivity index is 0.000000330. The molecule has 2 aromatic carbocycles. The van der Waals surface area contributed by atoms with Gasteiger partial charge in [-0.1, -0.05) is 71.6 Å². The highest BCUT2D eigenvalue weighted by Crippen LogP contribution is 2.32. The molecule has 0 spiro atoms. The SMILES string of the molecule is CCCC(C)CPCC(C)CCC.Fc1ccccc1-c1c(F)c(F)c(F)c(F)c1F. The highest BCUT2D eigenvalue weighted by molar-refractivity contribution is 7.37. The fraction of sp³-hybridized carbons (Fsp3) is 0.500. The molecule has 0 heterocycles. The van der Waals surface area contributed by atoms with Crippen LogP contribution in [0, 0.1) is 46.7 Å². The Hall–Kier alpha value is -1.55. The maximum absolute atomic E-state index is 13.4. The molecule has 7 heteroatoms. The fourth-order valence-electron chi connectivity index (χ4n) is 3.27. The van der Waals surface area contributed by atoms with Crippen molar-refractivity contribution in [1.29, 1.82) is 0 Å². The first-order valence-electron chi connectivity index (χ1n) is 10.6. The van der Waals surface area contributed by atoms with Crippen LogP contribution in [0.5, 0.6) is 0 Å². The molecule has 0 aliphatic rings. The van der Waals surface area contributed by atoms with Crippen molar-refractivity contribution in [2.24, 2.45) is 11.8 Å². The number of halogens is 6. The Bertz CT molecular complexity index is 783. The molecule has 0 N–H and O–H groups in total. The quantitative estimate of drug-likeness (QED) is 0.151. The zero-order chi connectivity index (χ0) is 23.6. The van der Waals surface area contributed by atoms with E-state index in [1.165, 1.54) is 58.7 Å². The predicted octanol–water partition coefficient (Wildman–Crippen LogP) is 8.73. The van der Waals surface area contributed by atoms with Gasteiger partial charge in [-0.05, 0) is 30.2 Å². The van der Waals surface area contributed by atoms with Crippen LogP contribution in [0.15, 0.2) is 24.3 Å². The van der Waals surface area contributed by atoms with Gasteiger partial charge in [-0.15, -0.1) is 8.58 Å². The predicted molar refractivity (Wildman–Crippen MR) is 118 cm³/mol. The van der Waals surface area contributed by atoms with Crippen LogP contribution in [0.4, 0.5) is 26.3 Å². The Morgan fingerprint density at radius 1 is 0.677 bits per heavy atom. The van der Waals surface area contributed by atoms with Crippen LogP contribution in [0.2, 0.25) is 0 Å². The van der Waals surface area contributed by atoms with E-state index in [1.807, 2.05) is 0 Å². The molecule has 0 aliphatic heterocycles. The number of benzene rings is 2. The zero-order valence-corrected chi connectivity index (χ0v) is 19.5. The van der Waals surface area contributed by atoms with Crippen LogP contribution in [-0.4, -0.2) is 12.3 Å². The van der Waals surface area contributed by atoms with Crippen LogP contribution >= 0.6 is 8.58 Å². The van der Waals surface area contributed by atoms with E-state index in [1.54, 1.807) is 0 Å². The van der Waals surface area contributed by atoms with Crippen molar-refractivity contribution in [3.63, 3.8) is 0 Å². The largest absolute Gasteiger partial charge is 0.206 e. The van der Waals surface area contributed by atoms with E-state index in [9.17, 15) is 26.3 Å². The van der Waals surface area contributed by atoms with Gasteiger partial charge >= 0.3 is 0 Å². The molecule has 0 fully saturated rings. The van der Waals surface area contributed by atoms with E-state index in [-0.39, 0.29) is 0 Å². The van der Waals surface area contributed by atoms with Gasteiger partial charge in [-0.25, -0.2) is 26.3 Å². The van der Waals surface area contributed by atoms with E-state index in [0.29, 0.717) is 0 Å². The summed E-state index contributed by atoms with van der Waals surface area (Å²) in [7, 11) is 1.21. The molecule has 174 valence electrons. The van der Waals surface area contributed by atoms with Crippen molar-refractivity contribution in [2.75, 3.05) is 12.3 Å². The third-order valence-corrected chi connectivity index (χ3v) is 6.87. The molecular weight excluding hydrogens is 433 g/mol. The van der Waals surface area contributed by atoms with Gasteiger partial charge in [0.2, 0.25) is 5.82 Å². The summed E-state index contributed by atoms with van der Waals surface area (Å²) in [6.07, 6.45) is 8.51. The molecule has 0 amide bonds. The minimum atomic E-state index is -2.27. The highest BCUT2D eigenvalue weighted by Gasteiger charge is 2.27. The molecule has 0 saturated heterocycles. The average Bonchev–Trinajstić information content (AvgIpc) is 2.73. The first-order chi connectivity index (χ1) is 14.6. The van der Waals surface area contributed by atoms with Gasteiger partial charge in [0, 0.05) is 5.56 Å². The summed E-state index contributed by atoms with van der Waals surface area (Å²) in [6, 6.07) is 4.22. The molecule has 2 unspecified atom stereocenters. The van der Waals surface area contributed by atoms with Crippen molar-refractivity contribution in [3.8, 4) is 11.1 Å². The average molecular weight is 464 g/mol. The van der Waals surface area contributed by atoms with Crippen LogP contribution in [0.25, 0.3) is 11.1 Å². The molecule has 0 bridgehead atoms. The molecule has 0 nitrogen and oxygen atoms in total. The first-order valence-corrected chi connectivity index (χ1v) is 12.0. The minimum absolute atomic E-state index is 0.690. The summed E-state index contributed by atoms with van der Waals surface area (Å²) in [5.41, 5.74) is -1.96. The first kappa shape index (κ1) is 27.5. The van der Waals surface area contributed by atoms with E-state index < -0.39 is 46.0 Å².